The van der Waals surface area contributed by atoms with Crippen LogP contribution in [0.5, 0.6) is 0 Å². The van der Waals surface area contributed by atoms with Gasteiger partial charge < -0.3 is 10.1 Å². The lowest BCUT2D eigenvalue weighted by molar-refractivity contribution is -0.128. The Morgan fingerprint density at radius 2 is 2.03 bits per heavy atom. The first-order valence-electron chi connectivity index (χ1n) is 10.5. The molecule has 5 nitrogen and oxygen atoms in total. The first-order chi connectivity index (χ1) is 13.9. The van der Waals surface area contributed by atoms with Crippen LogP contribution in [-0.4, -0.2) is 28.9 Å². The fourth-order valence-electron chi connectivity index (χ4n) is 4.86. The molecule has 1 heterocycles. The molecule has 1 fully saturated rings. The molecule has 0 spiro atoms. The molecule has 0 bridgehead atoms. The van der Waals surface area contributed by atoms with Gasteiger partial charge in [0.15, 0.2) is 0 Å². The van der Waals surface area contributed by atoms with Gasteiger partial charge in [0.1, 0.15) is 5.82 Å². The van der Waals surface area contributed by atoms with Crippen LogP contribution in [0.25, 0.3) is 5.69 Å². The monoisotopic (exact) mass is 399 g/mol. The van der Waals surface area contributed by atoms with Crippen LogP contribution in [0.2, 0.25) is 0 Å². The Balaban J connectivity index is 1.58. The summed E-state index contributed by atoms with van der Waals surface area (Å²) in [6.45, 7) is 4.44. The highest BCUT2D eigenvalue weighted by Gasteiger charge is 2.37. The number of hydrogen-bond acceptors (Lipinski definition) is 3. The van der Waals surface area contributed by atoms with Crippen LogP contribution in [-0.2, 0) is 16.0 Å². The second-order valence-corrected chi connectivity index (χ2v) is 9.26. The zero-order valence-electron chi connectivity index (χ0n) is 17.5. The molecule has 0 aliphatic heterocycles. The van der Waals surface area contributed by atoms with Crippen molar-refractivity contribution in [2.75, 3.05) is 7.11 Å². The van der Waals surface area contributed by atoms with E-state index in [0.717, 1.165) is 55.5 Å². The molecule has 0 unspecified atom stereocenters. The van der Waals surface area contributed by atoms with Gasteiger partial charge in [0.25, 0.3) is 0 Å². The minimum absolute atomic E-state index is 0.00864. The average molecular weight is 400 g/mol. The number of nitrogens with one attached hydrogen (secondary N) is 1. The van der Waals surface area contributed by atoms with Crippen LogP contribution >= 0.6 is 0 Å². The van der Waals surface area contributed by atoms with E-state index < -0.39 is 0 Å². The first-order valence-corrected chi connectivity index (χ1v) is 10.5. The SMILES string of the molecule is CO[C@@H]1CCC[C@@H](C(=O)N[C@@H]2CC(C)(C)Cc3c2cnn3-c2ccc(F)cc2)C1. The van der Waals surface area contributed by atoms with Crippen molar-refractivity contribution in [1.29, 1.82) is 0 Å². The summed E-state index contributed by atoms with van der Waals surface area (Å²) in [4.78, 5) is 13.0. The zero-order valence-corrected chi connectivity index (χ0v) is 17.5. The van der Waals surface area contributed by atoms with E-state index >= 15 is 0 Å². The Labute approximate surface area is 171 Å². The van der Waals surface area contributed by atoms with Crippen LogP contribution in [0, 0.1) is 17.2 Å². The summed E-state index contributed by atoms with van der Waals surface area (Å²) >= 11 is 0. The summed E-state index contributed by atoms with van der Waals surface area (Å²) in [5.74, 6) is -0.133. The van der Waals surface area contributed by atoms with Crippen LogP contribution in [0.4, 0.5) is 4.39 Å². The topological polar surface area (TPSA) is 56.1 Å². The molecule has 1 aromatic carbocycles. The molecule has 6 heteroatoms. The van der Waals surface area contributed by atoms with E-state index in [4.69, 9.17) is 4.74 Å². The number of ether oxygens (including phenoxy) is 1. The first kappa shape index (κ1) is 20.1. The minimum Gasteiger partial charge on any atom is -0.381 e. The third-order valence-electron chi connectivity index (χ3n) is 6.40. The second-order valence-electron chi connectivity index (χ2n) is 9.26. The number of aromatic nitrogens is 2. The summed E-state index contributed by atoms with van der Waals surface area (Å²) in [5.41, 5.74) is 3.04. The Kier molecular flexibility index (Phi) is 5.47. The average Bonchev–Trinajstić information content (AvgIpc) is 3.11. The number of nitrogens with zero attached hydrogens (tertiary/aromatic N) is 2. The number of fused-ring (bicyclic) bond motifs is 1. The van der Waals surface area contributed by atoms with Gasteiger partial charge in [-0.25, -0.2) is 9.07 Å². The molecule has 4 rings (SSSR count). The van der Waals surface area contributed by atoms with Crippen molar-refractivity contribution in [1.82, 2.24) is 15.1 Å². The van der Waals surface area contributed by atoms with E-state index in [-0.39, 0.29) is 35.2 Å². The number of amides is 1. The fraction of sp³-hybridized carbons (Fsp3) is 0.565. The van der Waals surface area contributed by atoms with Crippen LogP contribution < -0.4 is 5.32 Å². The van der Waals surface area contributed by atoms with Crippen molar-refractivity contribution in [2.24, 2.45) is 11.3 Å². The van der Waals surface area contributed by atoms with Crippen molar-refractivity contribution in [2.45, 2.75) is 64.5 Å². The van der Waals surface area contributed by atoms with E-state index in [1.54, 1.807) is 19.2 Å². The van der Waals surface area contributed by atoms with Gasteiger partial charge in [-0.1, -0.05) is 20.3 Å². The molecule has 1 N–H and O–H groups in total. The van der Waals surface area contributed by atoms with Gasteiger partial charge in [-0.2, -0.15) is 5.10 Å². The van der Waals surface area contributed by atoms with Gasteiger partial charge in [-0.05, 0) is 61.8 Å². The maximum Gasteiger partial charge on any atom is 0.223 e. The van der Waals surface area contributed by atoms with Crippen LogP contribution in [0.15, 0.2) is 30.5 Å². The molecule has 2 aliphatic rings. The maximum atomic E-state index is 13.3. The highest BCUT2D eigenvalue weighted by atomic mass is 19.1. The van der Waals surface area contributed by atoms with Crippen LogP contribution in [0.1, 0.15) is 63.3 Å². The number of benzene rings is 1. The lowest BCUT2D eigenvalue weighted by Crippen LogP contribution is -2.41. The molecule has 1 aromatic heterocycles. The van der Waals surface area contributed by atoms with Crippen molar-refractivity contribution >= 4 is 5.91 Å². The molecule has 1 saturated carbocycles. The number of carbonyl (C=O) groups is 1. The molecule has 29 heavy (non-hydrogen) atoms. The lowest BCUT2D eigenvalue weighted by atomic mass is 9.74. The Bertz CT molecular complexity index is 875. The quantitative estimate of drug-likeness (QED) is 0.832. The van der Waals surface area contributed by atoms with Crippen molar-refractivity contribution in [3.63, 3.8) is 0 Å². The molecule has 156 valence electrons. The largest absolute Gasteiger partial charge is 0.381 e. The van der Waals surface area contributed by atoms with Gasteiger partial charge >= 0.3 is 0 Å². The smallest absolute Gasteiger partial charge is 0.223 e. The van der Waals surface area contributed by atoms with Crippen LogP contribution in [0.3, 0.4) is 0 Å². The molecular weight excluding hydrogens is 369 g/mol. The number of hydrogen-bond donors (Lipinski definition) is 1. The third-order valence-corrected chi connectivity index (χ3v) is 6.40. The van der Waals surface area contributed by atoms with Crippen molar-refractivity contribution < 1.29 is 13.9 Å². The number of halogens is 1. The Morgan fingerprint density at radius 1 is 1.28 bits per heavy atom. The molecule has 0 radical (unpaired) electrons. The van der Waals surface area contributed by atoms with Gasteiger partial charge in [0.2, 0.25) is 5.91 Å². The molecular formula is C23H30FN3O2. The summed E-state index contributed by atoms with van der Waals surface area (Å²) in [6, 6.07) is 6.33. The Hall–Kier alpha value is -2.21. The summed E-state index contributed by atoms with van der Waals surface area (Å²) in [5, 5.41) is 7.89. The third kappa shape index (κ3) is 4.22. The van der Waals surface area contributed by atoms with E-state index in [1.165, 1.54) is 12.1 Å². The maximum absolute atomic E-state index is 13.3. The van der Waals surface area contributed by atoms with Gasteiger partial charge in [-0.15, -0.1) is 0 Å². The zero-order chi connectivity index (χ0) is 20.6. The number of carbonyl (C=O) groups excluding carboxylic acids is 1. The minimum atomic E-state index is -0.262. The van der Waals surface area contributed by atoms with Crippen molar-refractivity contribution in [3.05, 3.63) is 47.5 Å². The van der Waals surface area contributed by atoms with Gasteiger partial charge in [0.05, 0.1) is 29.7 Å². The summed E-state index contributed by atoms with van der Waals surface area (Å²) in [7, 11) is 1.73. The molecule has 3 atom stereocenters. The number of methoxy groups -OCH3 is 1. The predicted octanol–water partition coefficient (Wildman–Crippen LogP) is 4.35. The molecule has 2 aliphatic carbocycles. The van der Waals surface area contributed by atoms with E-state index in [0.29, 0.717) is 0 Å². The molecule has 2 aromatic rings. The summed E-state index contributed by atoms with van der Waals surface area (Å²) in [6.07, 6.45) is 7.55. The Morgan fingerprint density at radius 3 is 2.76 bits per heavy atom. The molecule has 0 saturated heterocycles. The lowest BCUT2D eigenvalue weighted by Gasteiger charge is -2.37. The standard InChI is InChI=1S/C23H30FN3O2/c1-23(2)12-20(26-22(28)15-5-4-6-18(11-15)29-3)19-14-25-27(21(19)13-23)17-9-7-16(24)8-10-17/h7-10,14-15,18,20H,4-6,11-13H2,1-3H3,(H,26,28)/t15-,18-,20-/m1/s1. The fourth-order valence-corrected chi connectivity index (χ4v) is 4.86. The van der Waals surface area contributed by atoms with E-state index in [2.05, 4.69) is 24.3 Å². The van der Waals surface area contributed by atoms with Gasteiger partial charge in [0, 0.05) is 18.6 Å². The highest BCUT2D eigenvalue weighted by Crippen LogP contribution is 2.41. The summed E-state index contributed by atoms with van der Waals surface area (Å²) < 4.78 is 20.7. The highest BCUT2D eigenvalue weighted by molar-refractivity contribution is 5.79. The number of rotatable bonds is 4. The van der Waals surface area contributed by atoms with E-state index in [9.17, 15) is 9.18 Å². The van der Waals surface area contributed by atoms with Gasteiger partial charge in [-0.3, -0.25) is 4.79 Å². The molecule has 1 amide bonds. The van der Waals surface area contributed by atoms with E-state index in [1.807, 2.05) is 10.9 Å². The normalized spacial score (nSPS) is 26.0. The second kappa shape index (κ2) is 7.90. The predicted molar refractivity (Wildman–Crippen MR) is 109 cm³/mol. The van der Waals surface area contributed by atoms with Crippen molar-refractivity contribution in [3.8, 4) is 5.69 Å².